The number of carbonyl (C=O) groups is 1. The smallest absolute Gasteiger partial charge is 0.238 e. The Labute approximate surface area is 147 Å². The molecule has 1 amide bonds. The fourth-order valence-corrected chi connectivity index (χ4v) is 3.32. The summed E-state index contributed by atoms with van der Waals surface area (Å²) in [7, 11) is 2.01. The van der Waals surface area contributed by atoms with E-state index in [1.54, 1.807) is 0 Å². The first-order valence-electron chi connectivity index (χ1n) is 9.39. The Morgan fingerprint density at radius 2 is 1.92 bits per heavy atom. The minimum atomic E-state index is 0.0972. The van der Waals surface area contributed by atoms with Gasteiger partial charge in [-0.15, -0.1) is 0 Å². The van der Waals surface area contributed by atoms with Gasteiger partial charge in [0.05, 0.1) is 6.54 Å². The highest BCUT2D eigenvalue weighted by atomic mass is 16.2. The van der Waals surface area contributed by atoms with Gasteiger partial charge in [-0.1, -0.05) is 26.0 Å². The third-order valence-corrected chi connectivity index (χ3v) is 5.25. The van der Waals surface area contributed by atoms with Gasteiger partial charge >= 0.3 is 0 Å². The summed E-state index contributed by atoms with van der Waals surface area (Å²) in [4.78, 5) is 14.5. The van der Waals surface area contributed by atoms with Gasteiger partial charge in [-0.25, -0.2) is 0 Å². The number of hydrogen-bond donors (Lipinski definition) is 2. The quantitative estimate of drug-likeness (QED) is 0.767. The first kappa shape index (κ1) is 18.9. The van der Waals surface area contributed by atoms with Gasteiger partial charge in [-0.3, -0.25) is 9.69 Å². The van der Waals surface area contributed by atoms with Crippen molar-refractivity contribution in [3.63, 3.8) is 0 Å². The molecule has 1 aromatic rings. The Morgan fingerprint density at radius 1 is 1.25 bits per heavy atom. The second-order valence-electron chi connectivity index (χ2n) is 7.09. The molecule has 2 rings (SSSR count). The minimum Gasteiger partial charge on any atom is -0.325 e. The van der Waals surface area contributed by atoms with E-state index in [-0.39, 0.29) is 5.91 Å². The van der Waals surface area contributed by atoms with E-state index in [1.807, 2.05) is 19.2 Å². The van der Waals surface area contributed by atoms with Crippen LogP contribution in [-0.2, 0) is 4.79 Å². The Balaban J connectivity index is 1.73. The van der Waals surface area contributed by atoms with Crippen LogP contribution in [0.4, 0.5) is 5.69 Å². The number of nitrogens with one attached hydrogen (secondary N) is 2. The van der Waals surface area contributed by atoms with Crippen molar-refractivity contribution in [2.24, 2.45) is 5.92 Å². The predicted molar refractivity (Wildman–Crippen MR) is 101 cm³/mol. The molecular formula is C20H33N3O. The van der Waals surface area contributed by atoms with Crippen molar-refractivity contribution in [2.45, 2.75) is 45.4 Å². The number of carbonyl (C=O) groups excluding carboxylic acids is 1. The Hall–Kier alpha value is -1.39. The van der Waals surface area contributed by atoms with Crippen molar-refractivity contribution >= 4 is 11.6 Å². The summed E-state index contributed by atoms with van der Waals surface area (Å²) in [5.41, 5.74) is 2.23. The highest BCUT2D eigenvalue weighted by Gasteiger charge is 2.20. The molecule has 0 aromatic heterocycles. The zero-order valence-electron chi connectivity index (χ0n) is 15.5. The van der Waals surface area contributed by atoms with E-state index < -0.39 is 0 Å². The fraction of sp³-hybridized carbons (Fsp3) is 0.650. The van der Waals surface area contributed by atoms with Crippen LogP contribution in [0.3, 0.4) is 0 Å². The van der Waals surface area contributed by atoms with E-state index in [2.05, 4.69) is 41.5 Å². The molecule has 0 spiro atoms. The first-order valence-corrected chi connectivity index (χ1v) is 9.39. The van der Waals surface area contributed by atoms with Crippen LogP contribution in [0.2, 0.25) is 0 Å². The maximum atomic E-state index is 12.2. The number of rotatable bonds is 8. The predicted octanol–water partition coefficient (Wildman–Crippen LogP) is 3.46. The summed E-state index contributed by atoms with van der Waals surface area (Å²) in [6.07, 6.45) is 4.80. The third-order valence-electron chi connectivity index (χ3n) is 5.25. The van der Waals surface area contributed by atoms with Gasteiger partial charge in [0.1, 0.15) is 0 Å². The highest BCUT2D eigenvalue weighted by molar-refractivity contribution is 5.92. The van der Waals surface area contributed by atoms with E-state index in [9.17, 15) is 4.79 Å². The fourth-order valence-electron chi connectivity index (χ4n) is 3.32. The molecule has 1 atom stereocenters. The Kier molecular flexibility index (Phi) is 7.73. The molecule has 1 aliphatic heterocycles. The van der Waals surface area contributed by atoms with Crippen LogP contribution in [0.5, 0.6) is 0 Å². The molecule has 1 fully saturated rings. The van der Waals surface area contributed by atoms with Gasteiger partial charge in [0.2, 0.25) is 5.91 Å². The molecule has 4 nitrogen and oxygen atoms in total. The number of likely N-dealkylation sites (tertiary alicyclic amines) is 1. The second-order valence-corrected chi connectivity index (χ2v) is 7.09. The van der Waals surface area contributed by atoms with E-state index in [1.165, 1.54) is 24.8 Å². The van der Waals surface area contributed by atoms with Crippen molar-refractivity contribution in [1.82, 2.24) is 10.2 Å². The molecule has 134 valence electrons. The molecule has 1 aromatic carbocycles. The lowest BCUT2D eigenvalue weighted by Gasteiger charge is -2.31. The Morgan fingerprint density at radius 3 is 2.50 bits per heavy atom. The van der Waals surface area contributed by atoms with Gasteiger partial charge in [0.25, 0.3) is 0 Å². The number of amides is 1. The van der Waals surface area contributed by atoms with Gasteiger partial charge in [0.15, 0.2) is 0 Å². The van der Waals surface area contributed by atoms with Crippen LogP contribution in [0.1, 0.15) is 51.0 Å². The maximum absolute atomic E-state index is 12.2. The number of hydrogen-bond acceptors (Lipinski definition) is 3. The van der Waals surface area contributed by atoms with Crippen molar-refractivity contribution < 1.29 is 4.79 Å². The molecule has 2 N–H and O–H groups in total. The molecule has 0 aliphatic carbocycles. The summed E-state index contributed by atoms with van der Waals surface area (Å²) in [5.74, 6) is 1.48. The second kappa shape index (κ2) is 9.80. The highest BCUT2D eigenvalue weighted by Crippen LogP contribution is 2.21. The zero-order valence-corrected chi connectivity index (χ0v) is 15.5. The van der Waals surface area contributed by atoms with Crippen molar-refractivity contribution in [3.05, 3.63) is 29.8 Å². The van der Waals surface area contributed by atoms with Crippen LogP contribution >= 0.6 is 0 Å². The molecule has 24 heavy (non-hydrogen) atoms. The van der Waals surface area contributed by atoms with E-state index >= 15 is 0 Å². The van der Waals surface area contributed by atoms with Gasteiger partial charge in [-0.05, 0) is 81.9 Å². The molecule has 0 saturated carbocycles. The normalized spacial score (nSPS) is 17.6. The Bertz CT molecular complexity index is 492. The third kappa shape index (κ3) is 5.91. The number of piperidine rings is 1. The van der Waals surface area contributed by atoms with Crippen LogP contribution in [0.15, 0.2) is 24.3 Å². The molecule has 1 heterocycles. The summed E-state index contributed by atoms with van der Waals surface area (Å²) >= 11 is 0. The van der Waals surface area contributed by atoms with Crippen molar-refractivity contribution in [3.8, 4) is 0 Å². The van der Waals surface area contributed by atoms with Crippen molar-refractivity contribution in [1.29, 1.82) is 0 Å². The topological polar surface area (TPSA) is 44.4 Å². The van der Waals surface area contributed by atoms with Crippen LogP contribution in [0.25, 0.3) is 0 Å². The number of nitrogens with zero attached hydrogens (tertiary/aromatic N) is 1. The molecule has 1 saturated heterocycles. The van der Waals surface area contributed by atoms with Gasteiger partial charge < -0.3 is 10.6 Å². The standard InChI is InChI=1S/C20H33N3O/c1-4-16(2)18-5-7-19(8-6-18)22-20(24)15-23-13-10-17(11-14-23)9-12-21-3/h5-8,16-17,21H,4,9-15H2,1-3H3,(H,22,24). The summed E-state index contributed by atoms with van der Waals surface area (Å²) in [5, 5.41) is 6.25. The number of benzene rings is 1. The van der Waals surface area contributed by atoms with Crippen LogP contribution < -0.4 is 10.6 Å². The summed E-state index contributed by atoms with van der Waals surface area (Å²) < 4.78 is 0. The zero-order chi connectivity index (χ0) is 17.4. The van der Waals surface area contributed by atoms with Crippen LogP contribution in [0, 0.1) is 5.92 Å². The molecule has 4 heteroatoms. The van der Waals surface area contributed by atoms with Crippen molar-refractivity contribution in [2.75, 3.05) is 38.5 Å². The molecule has 1 aliphatic rings. The van der Waals surface area contributed by atoms with Gasteiger partial charge in [0, 0.05) is 5.69 Å². The lowest BCUT2D eigenvalue weighted by molar-refractivity contribution is -0.117. The van der Waals surface area contributed by atoms with E-state index in [4.69, 9.17) is 0 Å². The lowest BCUT2D eigenvalue weighted by Crippen LogP contribution is -2.39. The summed E-state index contributed by atoms with van der Waals surface area (Å²) in [6.45, 7) is 8.10. The lowest BCUT2D eigenvalue weighted by atomic mass is 9.93. The average Bonchev–Trinajstić information content (AvgIpc) is 2.61. The van der Waals surface area contributed by atoms with Crippen LogP contribution in [-0.4, -0.2) is 44.0 Å². The van der Waals surface area contributed by atoms with Gasteiger partial charge in [-0.2, -0.15) is 0 Å². The first-order chi connectivity index (χ1) is 11.6. The largest absolute Gasteiger partial charge is 0.325 e. The molecule has 0 bridgehead atoms. The number of anilines is 1. The van der Waals surface area contributed by atoms with E-state index in [0.29, 0.717) is 12.5 Å². The maximum Gasteiger partial charge on any atom is 0.238 e. The van der Waals surface area contributed by atoms with E-state index in [0.717, 1.165) is 37.7 Å². The molecular weight excluding hydrogens is 298 g/mol. The average molecular weight is 332 g/mol. The molecule has 0 radical (unpaired) electrons. The monoisotopic (exact) mass is 331 g/mol. The SMILES string of the molecule is CCC(C)c1ccc(NC(=O)CN2CCC(CCNC)CC2)cc1. The minimum absolute atomic E-state index is 0.0972. The summed E-state index contributed by atoms with van der Waals surface area (Å²) in [6, 6.07) is 8.28. The molecule has 1 unspecified atom stereocenters.